The molecule has 0 saturated carbocycles. The highest BCUT2D eigenvalue weighted by Gasteiger charge is 2.24. The highest BCUT2D eigenvalue weighted by molar-refractivity contribution is 6.13. The Labute approximate surface area is 171 Å². The first-order chi connectivity index (χ1) is 14.5. The van der Waals surface area contributed by atoms with Crippen molar-refractivity contribution in [3.63, 3.8) is 0 Å². The zero-order valence-corrected chi connectivity index (χ0v) is 16.0. The van der Waals surface area contributed by atoms with E-state index in [-0.39, 0.29) is 17.3 Å². The van der Waals surface area contributed by atoms with Crippen molar-refractivity contribution in [1.29, 1.82) is 0 Å². The lowest BCUT2D eigenvalue weighted by atomic mass is 10.1. The molecule has 0 spiro atoms. The number of ether oxygens (including phenoxy) is 3. The van der Waals surface area contributed by atoms with Gasteiger partial charge in [0.1, 0.15) is 0 Å². The highest BCUT2D eigenvalue weighted by Crippen LogP contribution is 2.30. The largest absolute Gasteiger partial charge is 0.493 e. The number of aliphatic carboxylic acids is 1. The number of carboxylic acid groups (broad SMARTS) is 1. The number of benzene rings is 3. The summed E-state index contributed by atoms with van der Waals surface area (Å²) in [7, 11) is 1.44. The Kier molecular flexibility index (Phi) is 5.17. The van der Waals surface area contributed by atoms with Crippen LogP contribution in [0.5, 0.6) is 11.5 Å². The van der Waals surface area contributed by atoms with Gasteiger partial charge in [-0.3, -0.25) is 0 Å². The van der Waals surface area contributed by atoms with E-state index in [1.165, 1.54) is 7.11 Å². The van der Waals surface area contributed by atoms with Crippen molar-refractivity contribution in [1.82, 2.24) is 0 Å². The van der Waals surface area contributed by atoms with Gasteiger partial charge in [-0.2, -0.15) is 0 Å². The number of nitrogens with zero attached hydrogens (tertiary/aromatic N) is 1. The van der Waals surface area contributed by atoms with Crippen LogP contribution < -0.4 is 9.47 Å². The van der Waals surface area contributed by atoms with E-state index < -0.39 is 18.5 Å². The minimum absolute atomic E-state index is 0.152. The molecule has 1 aliphatic heterocycles. The van der Waals surface area contributed by atoms with E-state index >= 15 is 0 Å². The quantitative estimate of drug-likeness (QED) is 0.499. The van der Waals surface area contributed by atoms with E-state index in [2.05, 4.69) is 4.99 Å². The SMILES string of the molecule is COc1cc(/C=C2/N=C(c3ccc4ccccc4c3)OC2=O)ccc1OCC(=O)O. The average Bonchev–Trinajstić information content (AvgIpc) is 3.12. The van der Waals surface area contributed by atoms with E-state index in [0.717, 1.165) is 10.8 Å². The maximum Gasteiger partial charge on any atom is 0.363 e. The van der Waals surface area contributed by atoms with Crippen LogP contribution in [-0.2, 0) is 14.3 Å². The fourth-order valence-electron chi connectivity index (χ4n) is 3.05. The molecule has 7 nitrogen and oxygen atoms in total. The first-order valence-electron chi connectivity index (χ1n) is 9.08. The number of carbonyl (C=O) groups is 2. The number of carboxylic acids is 1. The molecule has 0 amide bonds. The fourth-order valence-corrected chi connectivity index (χ4v) is 3.05. The Bertz CT molecular complexity index is 1210. The van der Waals surface area contributed by atoms with Crippen LogP contribution in [0.15, 0.2) is 71.4 Å². The summed E-state index contributed by atoms with van der Waals surface area (Å²) in [5.74, 6) is -0.770. The van der Waals surface area contributed by atoms with Crippen molar-refractivity contribution in [2.75, 3.05) is 13.7 Å². The van der Waals surface area contributed by atoms with Crippen LogP contribution in [0, 0.1) is 0 Å². The predicted molar refractivity (Wildman–Crippen MR) is 111 cm³/mol. The second-order valence-corrected chi connectivity index (χ2v) is 6.49. The molecule has 0 saturated heterocycles. The number of hydrogen-bond acceptors (Lipinski definition) is 6. The van der Waals surface area contributed by atoms with Crippen LogP contribution >= 0.6 is 0 Å². The highest BCUT2D eigenvalue weighted by atomic mass is 16.6. The molecule has 0 unspecified atom stereocenters. The second kappa shape index (κ2) is 8.08. The molecular weight excluding hydrogens is 386 g/mol. The molecule has 0 fully saturated rings. The Balaban J connectivity index is 1.62. The van der Waals surface area contributed by atoms with Gasteiger partial charge in [-0.05, 0) is 46.7 Å². The molecule has 0 aliphatic carbocycles. The molecule has 0 aromatic heterocycles. The molecule has 3 aromatic rings. The maximum absolute atomic E-state index is 12.3. The number of rotatable bonds is 6. The number of hydrogen-bond donors (Lipinski definition) is 1. The molecule has 1 aliphatic rings. The lowest BCUT2D eigenvalue weighted by Gasteiger charge is -2.09. The van der Waals surface area contributed by atoms with Crippen LogP contribution in [-0.4, -0.2) is 36.7 Å². The van der Waals surface area contributed by atoms with Crippen molar-refractivity contribution < 1.29 is 28.9 Å². The molecule has 0 bridgehead atoms. The van der Waals surface area contributed by atoms with E-state index in [1.807, 2.05) is 42.5 Å². The molecule has 150 valence electrons. The minimum atomic E-state index is -1.09. The number of methoxy groups -OCH3 is 1. The van der Waals surface area contributed by atoms with Crippen molar-refractivity contribution >= 4 is 34.7 Å². The summed E-state index contributed by atoms with van der Waals surface area (Å²) >= 11 is 0. The third-order valence-electron chi connectivity index (χ3n) is 4.46. The van der Waals surface area contributed by atoms with Crippen molar-refractivity contribution in [2.45, 2.75) is 0 Å². The smallest absolute Gasteiger partial charge is 0.363 e. The summed E-state index contributed by atoms with van der Waals surface area (Å²) in [6.07, 6.45) is 1.57. The van der Waals surface area contributed by atoms with Crippen LogP contribution in [0.3, 0.4) is 0 Å². The summed E-state index contributed by atoms with van der Waals surface area (Å²) in [5.41, 5.74) is 1.49. The molecule has 3 aromatic carbocycles. The van der Waals surface area contributed by atoms with Crippen molar-refractivity contribution in [3.05, 3.63) is 77.5 Å². The van der Waals surface area contributed by atoms with Gasteiger partial charge >= 0.3 is 11.9 Å². The Morgan fingerprint density at radius 3 is 2.63 bits per heavy atom. The van der Waals surface area contributed by atoms with Gasteiger partial charge < -0.3 is 19.3 Å². The van der Waals surface area contributed by atoms with E-state index in [1.54, 1.807) is 24.3 Å². The van der Waals surface area contributed by atoms with Gasteiger partial charge in [0.2, 0.25) is 5.90 Å². The van der Waals surface area contributed by atoms with Gasteiger partial charge in [-0.25, -0.2) is 14.6 Å². The first-order valence-corrected chi connectivity index (χ1v) is 9.08. The Morgan fingerprint density at radius 1 is 1.07 bits per heavy atom. The third-order valence-corrected chi connectivity index (χ3v) is 4.46. The number of fused-ring (bicyclic) bond motifs is 1. The molecule has 7 heteroatoms. The predicted octanol–water partition coefficient (Wildman–Crippen LogP) is 3.66. The Hall–Kier alpha value is -4.13. The minimum Gasteiger partial charge on any atom is -0.493 e. The lowest BCUT2D eigenvalue weighted by molar-refractivity contribution is -0.139. The van der Waals surface area contributed by atoms with Crippen LogP contribution in [0.4, 0.5) is 0 Å². The van der Waals surface area contributed by atoms with E-state index in [0.29, 0.717) is 16.9 Å². The molecule has 0 radical (unpaired) electrons. The van der Waals surface area contributed by atoms with Gasteiger partial charge in [-0.1, -0.05) is 36.4 Å². The second-order valence-electron chi connectivity index (χ2n) is 6.49. The number of aliphatic imine (C=N–C) groups is 1. The number of esters is 1. The summed E-state index contributed by atoms with van der Waals surface area (Å²) in [5, 5.41) is 10.9. The lowest BCUT2D eigenvalue weighted by Crippen LogP contribution is -2.10. The zero-order valence-electron chi connectivity index (χ0n) is 16.0. The monoisotopic (exact) mass is 403 g/mol. The summed E-state index contributed by atoms with van der Waals surface area (Å²) in [6, 6.07) is 18.5. The molecule has 1 N–H and O–H groups in total. The standard InChI is InChI=1S/C23H17NO6/c1-28-20-11-14(6-9-19(20)29-13-21(25)26)10-18-23(27)30-22(24-18)17-8-7-15-4-2-3-5-16(15)12-17/h2-12H,13H2,1H3,(H,25,26)/b18-10+. The fraction of sp³-hybridized carbons (Fsp3) is 0.0870. The summed E-state index contributed by atoms with van der Waals surface area (Å²) in [6.45, 7) is -0.484. The van der Waals surface area contributed by atoms with Crippen molar-refractivity contribution in [3.8, 4) is 11.5 Å². The maximum atomic E-state index is 12.3. The molecule has 4 rings (SSSR count). The third kappa shape index (κ3) is 4.00. The number of cyclic esters (lactones) is 1. The molecule has 1 heterocycles. The van der Waals surface area contributed by atoms with Gasteiger partial charge in [0, 0.05) is 5.56 Å². The molecular formula is C23H17NO6. The van der Waals surface area contributed by atoms with Gasteiger partial charge in [0.15, 0.2) is 23.8 Å². The van der Waals surface area contributed by atoms with Gasteiger partial charge in [0.25, 0.3) is 0 Å². The van der Waals surface area contributed by atoms with Gasteiger partial charge in [-0.15, -0.1) is 0 Å². The van der Waals surface area contributed by atoms with Crippen LogP contribution in [0.1, 0.15) is 11.1 Å². The topological polar surface area (TPSA) is 94.4 Å². The van der Waals surface area contributed by atoms with Crippen LogP contribution in [0.2, 0.25) is 0 Å². The normalized spacial score (nSPS) is 14.5. The molecule has 0 atom stereocenters. The van der Waals surface area contributed by atoms with E-state index in [9.17, 15) is 9.59 Å². The van der Waals surface area contributed by atoms with Crippen LogP contribution in [0.25, 0.3) is 16.8 Å². The molecule has 30 heavy (non-hydrogen) atoms. The average molecular weight is 403 g/mol. The summed E-state index contributed by atoms with van der Waals surface area (Å²) < 4.78 is 15.8. The van der Waals surface area contributed by atoms with E-state index in [4.69, 9.17) is 19.3 Å². The van der Waals surface area contributed by atoms with Crippen molar-refractivity contribution in [2.24, 2.45) is 4.99 Å². The zero-order chi connectivity index (χ0) is 21.1. The first kappa shape index (κ1) is 19.2. The number of carbonyl (C=O) groups excluding carboxylic acids is 1. The van der Waals surface area contributed by atoms with Gasteiger partial charge in [0.05, 0.1) is 7.11 Å². The summed E-state index contributed by atoms with van der Waals surface area (Å²) in [4.78, 5) is 27.3. The Morgan fingerprint density at radius 2 is 1.87 bits per heavy atom.